The molecular weight excluding hydrogens is 332 g/mol. The van der Waals surface area contributed by atoms with Gasteiger partial charge in [-0.25, -0.2) is 0 Å². The molecule has 4 nitrogen and oxygen atoms in total. The van der Waals surface area contributed by atoms with Gasteiger partial charge in [-0.1, -0.05) is 6.92 Å². The molecule has 1 saturated carbocycles. The molecule has 0 radical (unpaired) electrons. The van der Waals surface area contributed by atoms with Gasteiger partial charge in [-0.2, -0.15) is 5.10 Å². The van der Waals surface area contributed by atoms with Crippen LogP contribution in [0.3, 0.4) is 0 Å². The van der Waals surface area contributed by atoms with E-state index >= 15 is 0 Å². The van der Waals surface area contributed by atoms with Crippen molar-refractivity contribution in [3.63, 3.8) is 0 Å². The lowest BCUT2D eigenvalue weighted by atomic mass is 9.92. The Kier molecular flexibility index (Phi) is 5.60. The van der Waals surface area contributed by atoms with E-state index in [0.29, 0.717) is 13.0 Å². The number of aromatic nitrogens is 2. The zero-order valence-corrected chi connectivity index (χ0v) is 14.8. The van der Waals surface area contributed by atoms with Crippen LogP contribution in [0.4, 0.5) is 0 Å². The SMILES string of the molecule is CCOC1(C(=O)Cc2c(Br)c(CC)nn2CC)CCCC1. The van der Waals surface area contributed by atoms with Gasteiger partial charge in [-0.15, -0.1) is 0 Å². The quantitative estimate of drug-likeness (QED) is 0.748. The summed E-state index contributed by atoms with van der Waals surface area (Å²) in [5, 5.41) is 4.57. The fourth-order valence-electron chi connectivity index (χ4n) is 3.23. The molecule has 1 aromatic rings. The van der Waals surface area contributed by atoms with Crippen LogP contribution in [-0.4, -0.2) is 27.8 Å². The standard InChI is InChI=1S/C16H25BrN2O2/c1-4-12-15(17)13(19(5-2)18-12)11-14(20)16(21-6-3)9-7-8-10-16/h4-11H2,1-3H3. The first-order chi connectivity index (χ1) is 10.1. The third kappa shape index (κ3) is 3.24. The molecule has 2 rings (SSSR count). The number of carbonyl (C=O) groups excluding carboxylic acids is 1. The first kappa shape index (κ1) is 16.7. The molecule has 0 saturated heterocycles. The Balaban J connectivity index is 2.24. The summed E-state index contributed by atoms with van der Waals surface area (Å²) in [7, 11) is 0. The minimum absolute atomic E-state index is 0.208. The number of carbonyl (C=O) groups is 1. The highest BCUT2D eigenvalue weighted by Crippen LogP contribution is 2.36. The maximum absolute atomic E-state index is 12.9. The minimum atomic E-state index is -0.552. The first-order valence-corrected chi connectivity index (χ1v) is 8.78. The van der Waals surface area contributed by atoms with E-state index in [1.807, 2.05) is 11.6 Å². The zero-order valence-electron chi connectivity index (χ0n) is 13.2. The smallest absolute Gasteiger partial charge is 0.170 e. The van der Waals surface area contributed by atoms with Gasteiger partial charge in [0, 0.05) is 13.2 Å². The molecule has 0 aromatic carbocycles. The van der Waals surface area contributed by atoms with Crippen LogP contribution < -0.4 is 0 Å². The summed E-state index contributed by atoms with van der Waals surface area (Å²) in [6.45, 7) is 7.48. The molecule has 5 heteroatoms. The van der Waals surface area contributed by atoms with Crippen LogP contribution in [0.15, 0.2) is 4.47 Å². The minimum Gasteiger partial charge on any atom is -0.367 e. The van der Waals surface area contributed by atoms with Crippen molar-refractivity contribution in [3.8, 4) is 0 Å². The van der Waals surface area contributed by atoms with Crippen LogP contribution in [0.25, 0.3) is 0 Å². The molecule has 0 amide bonds. The monoisotopic (exact) mass is 356 g/mol. The fraction of sp³-hybridized carbons (Fsp3) is 0.750. The molecule has 1 aromatic heterocycles. The molecule has 21 heavy (non-hydrogen) atoms. The first-order valence-electron chi connectivity index (χ1n) is 7.99. The molecular formula is C16H25BrN2O2. The van der Waals surface area contributed by atoms with Crippen molar-refractivity contribution >= 4 is 21.7 Å². The van der Waals surface area contributed by atoms with Gasteiger partial charge in [0.1, 0.15) is 5.60 Å². The summed E-state index contributed by atoms with van der Waals surface area (Å²) in [5.41, 5.74) is 1.46. The molecule has 0 atom stereocenters. The average Bonchev–Trinajstić information content (AvgIpc) is 3.06. The number of halogens is 1. The Labute approximate surface area is 135 Å². The van der Waals surface area contributed by atoms with Crippen LogP contribution in [-0.2, 0) is 28.9 Å². The Bertz CT molecular complexity index is 505. The molecule has 1 aliphatic carbocycles. The van der Waals surface area contributed by atoms with Gasteiger partial charge in [0.25, 0.3) is 0 Å². The van der Waals surface area contributed by atoms with Gasteiger partial charge in [0.05, 0.1) is 22.3 Å². The Morgan fingerprint density at radius 3 is 2.52 bits per heavy atom. The molecule has 0 spiro atoms. The van der Waals surface area contributed by atoms with E-state index in [9.17, 15) is 4.79 Å². The number of rotatable bonds is 7. The lowest BCUT2D eigenvalue weighted by molar-refractivity contribution is -0.143. The van der Waals surface area contributed by atoms with Gasteiger partial charge >= 0.3 is 0 Å². The summed E-state index contributed by atoms with van der Waals surface area (Å²) in [6.07, 6.45) is 5.16. The van der Waals surface area contributed by atoms with Crippen LogP contribution in [0, 0.1) is 0 Å². The Morgan fingerprint density at radius 2 is 2.00 bits per heavy atom. The van der Waals surface area contributed by atoms with E-state index in [-0.39, 0.29) is 5.78 Å². The number of hydrogen-bond donors (Lipinski definition) is 0. The molecule has 1 aliphatic rings. The highest BCUT2D eigenvalue weighted by molar-refractivity contribution is 9.10. The second kappa shape index (κ2) is 7.05. The van der Waals surface area contributed by atoms with Crippen molar-refractivity contribution in [2.24, 2.45) is 0 Å². The van der Waals surface area contributed by atoms with Crippen molar-refractivity contribution in [1.29, 1.82) is 0 Å². The van der Waals surface area contributed by atoms with Crippen molar-refractivity contribution in [2.75, 3.05) is 6.61 Å². The normalized spacial score (nSPS) is 17.3. The third-order valence-corrected chi connectivity index (χ3v) is 5.28. The molecule has 1 heterocycles. The highest BCUT2D eigenvalue weighted by Gasteiger charge is 2.42. The summed E-state index contributed by atoms with van der Waals surface area (Å²) in [4.78, 5) is 12.9. The van der Waals surface area contributed by atoms with Crippen LogP contribution in [0.2, 0.25) is 0 Å². The number of nitrogens with zero attached hydrogens (tertiary/aromatic N) is 2. The second-order valence-corrected chi connectivity index (χ2v) is 6.40. The van der Waals surface area contributed by atoms with Gasteiger partial charge in [0.2, 0.25) is 0 Å². The van der Waals surface area contributed by atoms with Crippen LogP contribution in [0.5, 0.6) is 0 Å². The van der Waals surface area contributed by atoms with E-state index < -0.39 is 5.60 Å². The van der Waals surface area contributed by atoms with Crippen molar-refractivity contribution in [1.82, 2.24) is 9.78 Å². The Morgan fingerprint density at radius 1 is 1.33 bits per heavy atom. The number of hydrogen-bond acceptors (Lipinski definition) is 3. The van der Waals surface area contributed by atoms with Crippen molar-refractivity contribution in [3.05, 3.63) is 15.9 Å². The predicted molar refractivity (Wildman–Crippen MR) is 86.5 cm³/mol. The van der Waals surface area contributed by atoms with Gasteiger partial charge < -0.3 is 4.74 Å². The maximum atomic E-state index is 12.9. The molecule has 0 aliphatic heterocycles. The van der Waals surface area contributed by atoms with Gasteiger partial charge in [-0.3, -0.25) is 9.48 Å². The largest absolute Gasteiger partial charge is 0.367 e. The highest BCUT2D eigenvalue weighted by atomic mass is 79.9. The fourth-order valence-corrected chi connectivity index (χ4v) is 3.93. The molecule has 0 unspecified atom stereocenters. The van der Waals surface area contributed by atoms with Crippen molar-refractivity contribution in [2.45, 2.75) is 71.4 Å². The van der Waals surface area contributed by atoms with Gasteiger partial charge in [0.15, 0.2) is 5.78 Å². The average molecular weight is 357 g/mol. The Hall–Kier alpha value is -0.680. The van der Waals surface area contributed by atoms with E-state index in [1.54, 1.807) is 0 Å². The van der Waals surface area contributed by atoms with E-state index in [1.165, 1.54) is 0 Å². The van der Waals surface area contributed by atoms with Crippen LogP contribution in [0.1, 0.15) is 57.8 Å². The third-order valence-electron chi connectivity index (χ3n) is 4.36. The van der Waals surface area contributed by atoms with Gasteiger partial charge in [-0.05, 0) is 61.9 Å². The lowest BCUT2D eigenvalue weighted by Crippen LogP contribution is -2.40. The number of ketones is 1. The summed E-state index contributed by atoms with van der Waals surface area (Å²) >= 11 is 3.62. The lowest BCUT2D eigenvalue weighted by Gasteiger charge is -2.27. The number of ether oxygens (including phenoxy) is 1. The number of Topliss-reactive ketones (excluding diaryl/α,β-unsaturated/α-hetero) is 1. The maximum Gasteiger partial charge on any atom is 0.170 e. The molecule has 1 fully saturated rings. The molecule has 0 bridgehead atoms. The van der Waals surface area contributed by atoms with E-state index in [2.05, 4.69) is 34.9 Å². The summed E-state index contributed by atoms with van der Waals surface area (Å²) < 4.78 is 8.81. The topological polar surface area (TPSA) is 44.1 Å². The van der Waals surface area contributed by atoms with Crippen LogP contribution >= 0.6 is 15.9 Å². The van der Waals surface area contributed by atoms with E-state index in [4.69, 9.17) is 4.74 Å². The summed E-state index contributed by atoms with van der Waals surface area (Å²) in [6, 6.07) is 0. The zero-order chi connectivity index (χ0) is 15.5. The molecule has 0 N–H and O–H groups in total. The predicted octanol–water partition coefficient (Wildman–Crippen LogP) is 3.69. The second-order valence-electron chi connectivity index (χ2n) is 5.61. The molecule has 118 valence electrons. The summed E-state index contributed by atoms with van der Waals surface area (Å²) in [5.74, 6) is 0.208. The van der Waals surface area contributed by atoms with Crippen molar-refractivity contribution < 1.29 is 9.53 Å². The van der Waals surface area contributed by atoms with E-state index in [0.717, 1.165) is 54.5 Å². The number of aryl methyl sites for hydroxylation is 2.